The fourth-order valence-corrected chi connectivity index (χ4v) is 4.57. The van der Waals surface area contributed by atoms with Crippen molar-refractivity contribution in [3.63, 3.8) is 0 Å². The number of hydrogen-bond acceptors (Lipinski definition) is 4. The van der Waals surface area contributed by atoms with E-state index in [1.165, 1.54) is 15.9 Å². The number of rotatable bonds is 6. The maximum atomic E-state index is 10.8. The summed E-state index contributed by atoms with van der Waals surface area (Å²) in [5.74, 6) is 0. The maximum Gasteiger partial charge on any atom is 0.276 e. The summed E-state index contributed by atoms with van der Waals surface area (Å²) in [7, 11) is 3.58. The number of hydrogen-bond donors (Lipinski definition) is 0. The molecule has 0 aliphatic heterocycles. The lowest BCUT2D eigenvalue weighted by Crippen LogP contribution is -1.90. The Morgan fingerprint density at radius 2 is 1.03 bits per heavy atom. The Hall–Kier alpha value is -3.28. The van der Waals surface area contributed by atoms with Gasteiger partial charge < -0.3 is 0 Å². The van der Waals surface area contributed by atoms with Crippen LogP contribution in [0.5, 0.6) is 0 Å². The minimum Gasteiger partial charge on any atom is -0.258 e. The Morgan fingerprint density at radius 1 is 0.581 bits per heavy atom. The summed E-state index contributed by atoms with van der Waals surface area (Å²) in [4.78, 5) is 13.0. The van der Waals surface area contributed by atoms with Gasteiger partial charge in [-0.15, -0.1) is 0 Å². The van der Waals surface area contributed by atoms with Gasteiger partial charge in [0.1, 0.15) is 0 Å². The van der Waals surface area contributed by atoms with Crippen LogP contribution >= 0.6 is 21.6 Å². The van der Waals surface area contributed by atoms with Crippen molar-refractivity contribution in [2.24, 2.45) is 0 Å². The average molecular weight is 444 g/mol. The second-order valence-corrected chi connectivity index (χ2v) is 8.63. The predicted molar refractivity (Wildman–Crippen MR) is 133 cm³/mol. The van der Waals surface area contributed by atoms with Crippen LogP contribution in [0.4, 0.5) is 5.69 Å². The van der Waals surface area contributed by atoms with Crippen LogP contribution in [0, 0.1) is 10.1 Å². The van der Waals surface area contributed by atoms with Crippen LogP contribution in [0.1, 0.15) is 11.1 Å². The molecule has 0 bridgehead atoms. The van der Waals surface area contributed by atoms with Gasteiger partial charge in [-0.25, -0.2) is 0 Å². The monoisotopic (exact) mass is 443 g/mol. The summed E-state index contributed by atoms with van der Waals surface area (Å²) in [5, 5.41) is 10.8. The Labute approximate surface area is 190 Å². The Bertz CT molecular complexity index is 1060. The molecule has 0 spiro atoms. The molecule has 3 nitrogen and oxygen atoms in total. The van der Waals surface area contributed by atoms with E-state index in [-0.39, 0.29) is 10.6 Å². The van der Waals surface area contributed by atoms with E-state index in [0.717, 1.165) is 5.56 Å². The van der Waals surface area contributed by atoms with Crippen molar-refractivity contribution in [3.05, 3.63) is 137 Å². The summed E-state index contributed by atoms with van der Waals surface area (Å²) < 4.78 is 0. The SMILES string of the molecule is O=[N+]([O-])c1ccccc1C=Cc1ccccc1.c1ccc(SSc2ccccc2)cc1. The lowest BCUT2D eigenvalue weighted by atomic mass is 10.1. The van der Waals surface area contributed by atoms with Crippen molar-refractivity contribution in [1.82, 2.24) is 0 Å². The molecule has 0 N–H and O–H groups in total. The van der Waals surface area contributed by atoms with Gasteiger partial charge in [0.05, 0.1) is 10.5 Å². The first kappa shape index (κ1) is 22.4. The zero-order valence-electron chi connectivity index (χ0n) is 16.7. The third-order valence-corrected chi connectivity index (χ3v) is 6.53. The van der Waals surface area contributed by atoms with Crippen molar-refractivity contribution in [2.75, 3.05) is 0 Å². The highest BCUT2D eigenvalue weighted by atomic mass is 33.1. The highest BCUT2D eigenvalue weighted by Crippen LogP contribution is 2.36. The molecule has 0 fully saturated rings. The Kier molecular flexibility index (Phi) is 8.98. The van der Waals surface area contributed by atoms with E-state index >= 15 is 0 Å². The topological polar surface area (TPSA) is 43.1 Å². The van der Waals surface area contributed by atoms with Crippen molar-refractivity contribution in [2.45, 2.75) is 9.79 Å². The van der Waals surface area contributed by atoms with Crippen LogP contribution in [-0.2, 0) is 0 Å². The van der Waals surface area contributed by atoms with Crippen LogP contribution in [0.15, 0.2) is 125 Å². The van der Waals surface area contributed by atoms with Crippen LogP contribution in [0.3, 0.4) is 0 Å². The molecule has 0 amide bonds. The number of para-hydroxylation sites is 1. The van der Waals surface area contributed by atoms with Gasteiger partial charge in [-0.05, 0) is 42.0 Å². The number of nitro groups is 1. The van der Waals surface area contributed by atoms with Gasteiger partial charge in [-0.1, -0.05) is 107 Å². The van der Waals surface area contributed by atoms with Gasteiger partial charge in [0.15, 0.2) is 0 Å². The van der Waals surface area contributed by atoms with Crippen molar-refractivity contribution in [1.29, 1.82) is 0 Å². The first-order valence-electron chi connectivity index (χ1n) is 9.63. The molecule has 4 aromatic rings. The third-order valence-electron chi connectivity index (χ3n) is 4.11. The first-order valence-corrected chi connectivity index (χ1v) is 11.8. The van der Waals surface area contributed by atoms with Gasteiger partial charge in [0, 0.05) is 15.9 Å². The van der Waals surface area contributed by atoms with E-state index in [0.29, 0.717) is 5.56 Å². The molecule has 0 saturated heterocycles. The zero-order chi connectivity index (χ0) is 21.7. The molecule has 0 aromatic heterocycles. The maximum absolute atomic E-state index is 10.8. The summed E-state index contributed by atoms with van der Waals surface area (Å²) in [6.45, 7) is 0. The molecule has 31 heavy (non-hydrogen) atoms. The highest BCUT2D eigenvalue weighted by molar-refractivity contribution is 8.76. The third kappa shape index (κ3) is 7.81. The smallest absolute Gasteiger partial charge is 0.258 e. The molecular formula is C26H21NO2S2. The van der Waals surface area contributed by atoms with Crippen LogP contribution in [0.25, 0.3) is 12.2 Å². The Balaban J connectivity index is 0.000000179. The van der Waals surface area contributed by atoms with Gasteiger partial charge >= 0.3 is 0 Å². The lowest BCUT2D eigenvalue weighted by Gasteiger charge is -1.99. The normalized spacial score (nSPS) is 10.3. The molecular weight excluding hydrogens is 422 g/mol. The molecule has 4 aromatic carbocycles. The standard InChI is InChI=1S/C14H11NO2.C12H10S2/c16-15(17)14-9-5-4-8-13(14)11-10-12-6-2-1-3-7-12;1-3-7-11(8-4-1)13-14-12-9-5-2-6-10-12/h1-11H;1-10H. The zero-order valence-corrected chi connectivity index (χ0v) is 18.3. The molecule has 4 rings (SSSR count). The summed E-state index contributed by atoms with van der Waals surface area (Å²) in [5.41, 5.74) is 1.76. The van der Waals surface area contributed by atoms with E-state index in [4.69, 9.17) is 0 Å². The van der Waals surface area contributed by atoms with Gasteiger partial charge in [-0.2, -0.15) is 0 Å². The van der Waals surface area contributed by atoms with Crippen molar-refractivity contribution < 1.29 is 4.92 Å². The molecule has 0 heterocycles. The van der Waals surface area contributed by atoms with Crippen molar-refractivity contribution >= 4 is 39.4 Å². The molecule has 0 aliphatic carbocycles. The second-order valence-electron chi connectivity index (χ2n) is 6.35. The summed E-state index contributed by atoms with van der Waals surface area (Å²) in [6.07, 6.45) is 3.62. The first-order chi connectivity index (χ1) is 15.2. The van der Waals surface area contributed by atoms with Gasteiger partial charge in [0.25, 0.3) is 5.69 Å². The number of benzene rings is 4. The fourth-order valence-electron chi connectivity index (χ4n) is 2.59. The minimum atomic E-state index is -0.370. The van der Waals surface area contributed by atoms with Crippen molar-refractivity contribution in [3.8, 4) is 0 Å². The van der Waals surface area contributed by atoms with E-state index < -0.39 is 0 Å². The molecule has 5 heteroatoms. The molecule has 0 atom stereocenters. The molecule has 154 valence electrons. The predicted octanol–water partition coefficient (Wildman–Crippen LogP) is 8.25. The number of nitrogens with zero attached hydrogens (tertiary/aromatic N) is 1. The number of nitro benzene ring substituents is 1. The van der Waals surface area contributed by atoms with E-state index in [9.17, 15) is 10.1 Å². The van der Waals surface area contributed by atoms with E-state index in [2.05, 4.69) is 48.5 Å². The molecule has 0 unspecified atom stereocenters. The van der Waals surface area contributed by atoms with Crippen LogP contribution < -0.4 is 0 Å². The quantitative estimate of drug-likeness (QED) is 0.130. The van der Waals surface area contributed by atoms with E-state index in [1.54, 1.807) is 45.9 Å². The van der Waals surface area contributed by atoms with E-state index in [1.807, 2.05) is 48.5 Å². The van der Waals surface area contributed by atoms with Gasteiger partial charge in [-0.3, -0.25) is 10.1 Å². The van der Waals surface area contributed by atoms with Crippen LogP contribution in [-0.4, -0.2) is 4.92 Å². The molecule has 0 aliphatic rings. The largest absolute Gasteiger partial charge is 0.276 e. The fraction of sp³-hybridized carbons (Fsp3) is 0. The molecule has 0 radical (unpaired) electrons. The molecule has 0 saturated carbocycles. The lowest BCUT2D eigenvalue weighted by molar-refractivity contribution is -0.385. The highest BCUT2D eigenvalue weighted by Gasteiger charge is 2.08. The summed E-state index contributed by atoms with van der Waals surface area (Å²) in [6, 6.07) is 37.2. The second kappa shape index (κ2) is 12.4. The average Bonchev–Trinajstić information content (AvgIpc) is 2.84. The minimum absolute atomic E-state index is 0.125. The van der Waals surface area contributed by atoms with Crippen LogP contribution in [0.2, 0.25) is 0 Å². The Morgan fingerprint density at radius 3 is 1.55 bits per heavy atom. The van der Waals surface area contributed by atoms with Gasteiger partial charge in [0.2, 0.25) is 0 Å². The summed E-state index contributed by atoms with van der Waals surface area (Å²) >= 11 is 0.